The largest absolute Gasteiger partial charge is 2.00 e. The molecular formula is C33H23BiCl2O7S. The molecule has 0 N–H and O–H groups in total. The van der Waals surface area contributed by atoms with Crippen LogP contribution in [0.4, 0.5) is 0 Å². The molecule has 7 nitrogen and oxygen atoms in total. The van der Waals surface area contributed by atoms with Crippen LogP contribution >= 0.6 is 23.2 Å². The third-order valence-electron chi connectivity index (χ3n) is 4.98. The molecule has 2 aromatic carbocycles. The number of carbonyl (C=O) groups excluding carboxylic acids is 2. The van der Waals surface area contributed by atoms with E-state index < -0.39 is 21.8 Å². The Kier molecular flexibility index (Phi) is 17.5. The van der Waals surface area contributed by atoms with Crippen LogP contribution in [0, 0.1) is 18.9 Å². The SMILES string of the molecule is COC1=CC=C=C[CH]1.O=C([O-])c1cccc(Cl)c1.O=C([O-])c1cccc(Cl)c1.O=S(=O)(C1=C=C[CH-]C=C1)C1=CC=CC=[C+]1.[Bi+2]. The van der Waals surface area contributed by atoms with Gasteiger partial charge < -0.3 is 24.5 Å². The molecule has 2 aromatic rings. The van der Waals surface area contributed by atoms with Gasteiger partial charge in [0.2, 0.25) is 14.7 Å². The van der Waals surface area contributed by atoms with Gasteiger partial charge >= 0.3 is 26.2 Å². The van der Waals surface area contributed by atoms with Crippen LogP contribution in [0.2, 0.25) is 10.0 Å². The molecular weight excluding hydrogens is 820 g/mol. The van der Waals surface area contributed by atoms with E-state index in [-0.39, 0.29) is 47.1 Å². The molecule has 0 saturated carbocycles. The van der Waals surface area contributed by atoms with Crippen molar-refractivity contribution in [2.75, 3.05) is 7.11 Å². The van der Waals surface area contributed by atoms with Gasteiger partial charge in [0.15, 0.2) is 0 Å². The minimum atomic E-state index is -3.45. The number of allylic oxidation sites excluding steroid dienone is 9. The molecule has 0 fully saturated rings. The minimum Gasteiger partial charge on any atom is -0.545 e. The third-order valence-corrected chi connectivity index (χ3v) is 7.12. The third kappa shape index (κ3) is 13.6. The zero-order valence-electron chi connectivity index (χ0n) is 23.0. The number of carbonyl (C=O) groups is 2. The standard InChI is InChI=1S/C12H8O2S.2C7H5ClO2.C7H7O.Bi/c13-15(14,11-7-3-1-4-8-11)12-9-5-2-6-10-12;2*8-6-3-1-2-5(4-6)7(9)10;1-8-7-5-3-2-4-6-7;/h1-7,9H;2*1-4H,(H,9,10);3-6H,1H3;/q;;;;+2/p-2. The zero-order valence-corrected chi connectivity index (χ0v) is 28.8. The van der Waals surface area contributed by atoms with Crippen molar-refractivity contribution in [3.63, 3.8) is 0 Å². The van der Waals surface area contributed by atoms with Crippen molar-refractivity contribution in [2.24, 2.45) is 0 Å². The first-order valence-electron chi connectivity index (χ1n) is 12.2. The molecule has 3 aliphatic carbocycles. The molecule has 0 amide bonds. The Hall–Kier alpha value is -3.89. The van der Waals surface area contributed by atoms with Gasteiger partial charge in [-0.25, -0.2) is 8.42 Å². The molecule has 0 atom stereocenters. The van der Waals surface area contributed by atoms with Gasteiger partial charge in [0, 0.05) is 16.1 Å². The number of sulfone groups is 1. The van der Waals surface area contributed by atoms with Gasteiger partial charge in [-0.3, -0.25) is 5.73 Å². The van der Waals surface area contributed by atoms with Crippen LogP contribution in [0.15, 0.2) is 136 Å². The van der Waals surface area contributed by atoms with Crippen molar-refractivity contribution in [3.8, 4) is 0 Å². The number of methoxy groups -OCH3 is 1. The molecule has 44 heavy (non-hydrogen) atoms. The summed E-state index contributed by atoms with van der Waals surface area (Å²) in [6, 6.07) is 11.9. The molecule has 4 radical (unpaired) electrons. The Labute approximate surface area is 285 Å². The van der Waals surface area contributed by atoms with Crippen LogP contribution < -0.4 is 10.2 Å². The number of hydrogen-bond acceptors (Lipinski definition) is 7. The second-order valence-electron chi connectivity index (χ2n) is 7.99. The molecule has 3 aliphatic rings. The van der Waals surface area contributed by atoms with Gasteiger partial charge in [0.1, 0.15) is 11.8 Å². The first-order chi connectivity index (χ1) is 20.5. The summed E-state index contributed by atoms with van der Waals surface area (Å²) in [5.41, 5.74) is 5.79. The molecule has 5 rings (SSSR count). The van der Waals surface area contributed by atoms with E-state index in [1.165, 1.54) is 36.4 Å². The first-order valence-corrected chi connectivity index (χ1v) is 14.4. The minimum absolute atomic E-state index is 0. The molecule has 0 aliphatic heterocycles. The maximum absolute atomic E-state index is 12.0. The second-order valence-corrected chi connectivity index (χ2v) is 10.8. The maximum atomic E-state index is 12.0. The Morgan fingerprint density at radius 2 is 1.55 bits per heavy atom. The van der Waals surface area contributed by atoms with Crippen LogP contribution in [0.25, 0.3) is 0 Å². The van der Waals surface area contributed by atoms with Gasteiger partial charge in [-0.05, 0) is 58.5 Å². The number of benzene rings is 2. The normalized spacial score (nSPS) is 13.2. The number of carboxylic acid groups (broad SMARTS) is 2. The van der Waals surface area contributed by atoms with Crippen LogP contribution in [-0.4, -0.2) is 53.7 Å². The summed E-state index contributed by atoms with van der Waals surface area (Å²) >= 11 is 11.0. The van der Waals surface area contributed by atoms with E-state index in [1.54, 1.807) is 68.2 Å². The van der Waals surface area contributed by atoms with Crippen LogP contribution in [0.1, 0.15) is 20.7 Å². The smallest absolute Gasteiger partial charge is 0.545 e. The van der Waals surface area contributed by atoms with E-state index >= 15 is 0 Å². The number of hydrogen-bond donors (Lipinski definition) is 0. The van der Waals surface area contributed by atoms with Crippen LogP contribution in [0.5, 0.6) is 0 Å². The summed E-state index contributed by atoms with van der Waals surface area (Å²) in [5.74, 6) is -1.53. The molecule has 0 bridgehead atoms. The topological polar surface area (TPSA) is 124 Å². The molecule has 0 unspecified atom stereocenters. The van der Waals surface area contributed by atoms with Crippen molar-refractivity contribution < 1.29 is 33.0 Å². The van der Waals surface area contributed by atoms with Crippen molar-refractivity contribution in [1.29, 1.82) is 0 Å². The molecule has 222 valence electrons. The molecule has 0 heterocycles. The van der Waals surface area contributed by atoms with Crippen molar-refractivity contribution in [2.45, 2.75) is 0 Å². The fourth-order valence-electron chi connectivity index (χ4n) is 2.95. The number of halogens is 2. The second kappa shape index (κ2) is 20.1. The van der Waals surface area contributed by atoms with E-state index in [1.807, 2.05) is 24.6 Å². The average molecular weight is 843 g/mol. The first kappa shape index (κ1) is 38.1. The fourth-order valence-corrected chi connectivity index (χ4v) is 4.52. The van der Waals surface area contributed by atoms with Crippen LogP contribution in [0.3, 0.4) is 0 Å². The summed E-state index contributed by atoms with van der Waals surface area (Å²) < 4.78 is 28.8. The Morgan fingerprint density at radius 3 is 1.91 bits per heavy atom. The number of ether oxygens (including phenoxy) is 1. The van der Waals surface area contributed by atoms with Gasteiger partial charge in [-0.1, -0.05) is 47.5 Å². The Balaban J connectivity index is 0.000000300. The summed E-state index contributed by atoms with van der Waals surface area (Å²) in [6.45, 7) is 0. The van der Waals surface area contributed by atoms with Gasteiger partial charge in [-0.15, -0.1) is 17.9 Å². The van der Waals surface area contributed by atoms with E-state index in [9.17, 15) is 28.2 Å². The fraction of sp³-hybridized carbons (Fsp3) is 0.0303. The molecule has 0 saturated heterocycles. The van der Waals surface area contributed by atoms with E-state index in [0.717, 1.165) is 5.76 Å². The van der Waals surface area contributed by atoms with Crippen LogP contribution in [-0.2, 0) is 14.6 Å². The quantitative estimate of drug-likeness (QED) is 0.247. The van der Waals surface area contributed by atoms with E-state index in [2.05, 4.69) is 17.5 Å². The predicted molar refractivity (Wildman–Crippen MR) is 168 cm³/mol. The predicted octanol–water partition coefficient (Wildman–Crippen LogP) is 4.50. The van der Waals surface area contributed by atoms with E-state index in [4.69, 9.17) is 27.9 Å². The van der Waals surface area contributed by atoms with Gasteiger partial charge in [0.05, 0.1) is 43.7 Å². The summed E-state index contributed by atoms with van der Waals surface area (Å²) in [6.07, 6.45) is 23.1. The average Bonchev–Trinajstić information content (AvgIpc) is 3.03. The molecule has 0 aromatic heterocycles. The Bertz CT molecular complexity index is 1660. The van der Waals surface area contributed by atoms with Crippen molar-refractivity contribution in [1.82, 2.24) is 0 Å². The van der Waals surface area contributed by atoms with Crippen molar-refractivity contribution >= 4 is 71.2 Å². The monoisotopic (exact) mass is 842 g/mol. The number of rotatable bonds is 5. The van der Waals surface area contributed by atoms with Gasteiger partial charge in [-0.2, -0.15) is 12.5 Å². The molecule has 0 spiro atoms. The van der Waals surface area contributed by atoms with E-state index in [0.29, 0.717) is 10.0 Å². The van der Waals surface area contributed by atoms with Crippen molar-refractivity contribution in [3.05, 3.63) is 176 Å². The number of carboxylic acids is 2. The summed E-state index contributed by atoms with van der Waals surface area (Å²) in [7, 11) is -1.80. The number of aromatic carboxylic acids is 2. The zero-order chi connectivity index (χ0) is 31.7. The van der Waals surface area contributed by atoms with Gasteiger partial charge in [0.25, 0.3) is 0 Å². The Morgan fingerprint density at radius 1 is 0.932 bits per heavy atom. The maximum Gasteiger partial charge on any atom is 2.00 e. The molecule has 11 heteroatoms. The summed E-state index contributed by atoms with van der Waals surface area (Å²) in [5, 5.41) is 21.2. The summed E-state index contributed by atoms with van der Waals surface area (Å²) in [4.78, 5) is 20.7.